The molecule has 10 heteroatoms. The van der Waals surface area contributed by atoms with Gasteiger partial charge in [0.25, 0.3) is 0 Å². The van der Waals surface area contributed by atoms with Crippen molar-refractivity contribution in [3.63, 3.8) is 0 Å². The van der Waals surface area contributed by atoms with Crippen LogP contribution in [0.3, 0.4) is 0 Å². The lowest BCUT2D eigenvalue weighted by atomic mass is 10.2. The molecule has 0 saturated heterocycles. The number of carbonyl (C=O) groups is 1. The van der Waals surface area contributed by atoms with Gasteiger partial charge in [0.05, 0.1) is 19.3 Å². The van der Waals surface area contributed by atoms with Crippen LogP contribution in [0.2, 0.25) is 0 Å². The standard InChI is InChI=1S/C19H21F3N4O2.HI/c1-23-19(26(2)11-12-4-6-13(28-3)7-5-12)24-10-16(27)25-15-9-8-14(20)17(21)18(15)22;/h4-9H,10-11H2,1-3H3,(H,23,24)(H,25,27);1H. The predicted octanol–water partition coefficient (Wildman–Crippen LogP) is 3.38. The molecule has 0 unspecified atom stereocenters. The van der Waals surface area contributed by atoms with Crippen LogP contribution in [-0.2, 0) is 11.3 Å². The van der Waals surface area contributed by atoms with Crippen molar-refractivity contribution < 1.29 is 22.7 Å². The quantitative estimate of drug-likeness (QED) is 0.265. The fraction of sp³-hybridized carbons (Fsp3) is 0.263. The Hall–Kier alpha value is -2.50. The van der Waals surface area contributed by atoms with Gasteiger partial charge < -0.3 is 20.3 Å². The van der Waals surface area contributed by atoms with Crippen LogP contribution in [0.1, 0.15) is 5.56 Å². The van der Waals surface area contributed by atoms with Crippen LogP contribution in [0, 0.1) is 17.5 Å². The van der Waals surface area contributed by atoms with Gasteiger partial charge in [-0.2, -0.15) is 0 Å². The molecule has 0 fully saturated rings. The zero-order valence-electron chi connectivity index (χ0n) is 16.1. The number of rotatable bonds is 6. The highest BCUT2D eigenvalue weighted by atomic mass is 127. The molecule has 0 atom stereocenters. The summed E-state index contributed by atoms with van der Waals surface area (Å²) in [6.45, 7) is 0.279. The molecule has 2 rings (SSSR count). The summed E-state index contributed by atoms with van der Waals surface area (Å²) < 4.78 is 44.9. The summed E-state index contributed by atoms with van der Waals surface area (Å²) in [5.41, 5.74) is 0.562. The van der Waals surface area contributed by atoms with Gasteiger partial charge in [0.15, 0.2) is 23.4 Å². The SMILES string of the molecule is CN=C(NCC(=O)Nc1ccc(F)c(F)c1F)N(C)Cc1ccc(OC)cc1.I. The van der Waals surface area contributed by atoms with Gasteiger partial charge in [-0.05, 0) is 29.8 Å². The van der Waals surface area contributed by atoms with Crippen molar-refractivity contribution in [1.82, 2.24) is 10.2 Å². The van der Waals surface area contributed by atoms with Crippen LogP contribution in [0.25, 0.3) is 0 Å². The first-order valence-electron chi connectivity index (χ1n) is 8.33. The molecule has 1 amide bonds. The van der Waals surface area contributed by atoms with Crippen LogP contribution in [-0.4, -0.2) is 44.5 Å². The number of methoxy groups -OCH3 is 1. The molecule has 29 heavy (non-hydrogen) atoms. The third-order valence-corrected chi connectivity index (χ3v) is 3.87. The molecule has 0 aliphatic carbocycles. The van der Waals surface area contributed by atoms with E-state index in [0.29, 0.717) is 12.5 Å². The van der Waals surface area contributed by atoms with Crippen molar-refractivity contribution in [2.75, 3.05) is 33.1 Å². The van der Waals surface area contributed by atoms with Crippen molar-refractivity contribution in [3.8, 4) is 5.75 Å². The van der Waals surface area contributed by atoms with Crippen molar-refractivity contribution in [2.24, 2.45) is 4.99 Å². The van der Waals surface area contributed by atoms with Gasteiger partial charge in [-0.1, -0.05) is 12.1 Å². The molecule has 0 heterocycles. The number of guanidine groups is 1. The molecule has 2 aromatic rings. The van der Waals surface area contributed by atoms with E-state index in [4.69, 9.17) is 4.74 Å². The second-order valence-electron chi connectivity index (χ2n) is 5.88. The van der Waals surface area contributed by atoms with E-state index in [1.54, 1.807) is 26.1 Å². The van der Waals surface area contributed by atoms with E-state index in [2.05, 4.69) is 15.6 Å². The van der Waals surface area contributed by atoms with Gasteiger partial charge >= 0.3 is 0 Å². The van der Waals surface area contributed by atoms with Gasteiger partial charge in [0.2, 0.25) is 5.91 Å². The minimum Gasteiger partial charge on any atom is -0.497 e. The Balaban J connectivity index is 0.00000420. The average Bonchev–Trinajstić information content (AvgIpc) is 2.69. The van der Waals surface area contributed by atoms with Crippen molar-refractivity contribution in [2.45, 2.75) is 6.54 Å². The lowest BCUT2D eigenvalue weighted by Crippen LogP contribution is -2.42. The Kier molecular flexibility index (Phi) is 9.72. The summed E-state index contributed by atoms with van der Waals surface area (Å²) >= 11 is 0. The van der Waals surface area contributed by atoms with Gasteiger partial charge in [0, 0.05) is 20.6 Å². The zero-order valence-corrected chi connectivity index (χ0v) is 18.5. The number of aliphatic imine (C=N–C) groups is 1. The molecular weight excluding hydrogens is 500 g/mol. The van der Waals surface area contributed by atoms with Crippen molar-refractivity contribution in [3.05, 3.63) is 59.4 Å². The number of ether oxygens (including phenoxy) is 1. The second-order valence-corrected chi connectivity index (χ2v) is 5.88. The van der Waals surface area contributed by atoms with Crippen LogP contribution in [0.5, 0.6) is 5.75 Å². The van der Waals surface area contributed by atoms with Crippen LogP contribution in [0.4, 0.5) is 18.9 Å². The zero-order chi connectivity index (χ0) is 20.7. The van der Waals surface area contributed by atoms with E-state index in [1.165, 1.54) is 0 Å². The topological polar surface area (TPSA) is 66.0 Å². The summed E-state index contributed by atoms with van der Waals surface area (Å²) in [5, 5.41) is 5.01. The Morgan fingerprint density at radius 2 is 1.76 bits per heavy atom. The van der Waals surface area contributed by atoms with E-state index in [0.717, 1.165) is 23.4 Å². The third kappa shape index (κ3) is 6.80. The summed E-state index contributed by atoms with van der Waals surface area (Å²) in [4.78, 5) is 17.9. The van der Waals surface area contributed by atoms with E-state index in [-0.39, 0.29) is 30.5 Å². The second kappa shape index (κ2) is 11.5. The number of benzene rings is 2. The number of hydrogen-bond donors (Lipinski definition) is 2. The van der Waals surface area contributed by atoms with Crippen LogP contribution in [0.15, 0.2) is 41.4 Å². The Morgan fingerprint density at radius 1 is 1.10 bits per heavy atom. The first kappa shape index (κ1) is 24.5. The number of halogens is 4. The normalized spacial score (nSPS) is 10.8. The van der Waals surface area contributed by atoms with Gasteiger partial charge in [-0.3, -0.25) is 9.79 Å². The lowest BCUT2D eigenvalue weighted by molar-refractivity contribution is -0.115. The predicted molar refractivity (Wildman–Crippen MR) is 116 cm³/mol. The number of amides is 1. The molecule has 0 aromatic heterocycles. The Morgan fingerprint density at radius 3 is 2.34 bits per heavy atom. The maximum Gasteiger partial charge on any atom is 0.243 e. The molecule has 0 saturated carbocycles. The van der Waals surface area contributed by atoms with E-state index in [9.17, 15) is 18.0 Å². The summed E-state index contributed by atoms with van der Waals surface area (Å²) in [6.07, 6.45) is 0. The van der Waals surface area contributed by atoms with Gasteiger partial charge in [-0.25, -0.2) is 13.2 Å². The fourth-order valence-electron chi connectivity index (χ4n) is 2.44. The first-order chi connectivity index (χ1) is 13.3. The van der Waals surface area contributed by atoms with E-state index < -0.39 is 29.0 Å². The summed E-state index contributed by atoms with van der Waals surface area (Å²) in [5.74, 6) is -3.87. The molecular formula is C19H22F3IN4O2. The highest BCUT2D eigenvalue weighted by molar-refractivity contribution is 14.0. The number of nitrogens with one attached hydrogen (secondary N) is 2. The number of nitrogens with zero attached hydrogens (tertiary/aromatic N) is 2. The molecule has 6 nitrogen and oxygen atoms in total. The average molecular weight is 522 g/mol. The molecule has 2 N–H and O–H groups in total. The number of carbonyl (C=O) groups excluding carboxylic acids is 1. The maximum atomic E-state index is 13.6. The van der Waals surface area contributed by atoms with Crippen LogP contribution < -0.4 is 15.4 Å². The smallest absolute Gasteiger partial charge is 0.243 e. The molecule has 0 spiro atoms. The van der Waals surface area contributed by atoms with Crippen molar-refractivity contribution in [1.29, 1.82) is 0 Å². The first-order valence-corrected chi connectivity index (χ1v) is 8.33. The molecule has 2 aromatic carbocycles. The van der Waals surface area contributed by atoms with Gasteiger partial charge in [0.1, 0.15) is 5.75 Å². The molecule has 0 aliphatic rings. The summed E-state index contributed by atoms with van der Waals surface area (Å²) in [7, 11) is 4.93. The monoisotopic (exact) mass is 522 g/mol. The molecule has 158 valence electrons. The van der Waals surface area contributed by atoms with Crippen molar-refractivity contribution >= 4 is 41.5 Å². The highest BCUT2D eigenvalue weighted by Gasteiger charge is 2.16. The molecule has 0 radical (unpaired) electrons. The maximum absolute atomic E-state index is 13.6. The van der Waals surface area contributed by atoms with Gasteiger partial charge in [-0.15, -0.1) is 24.0 Å². The Labute approximate surface area is 184 Å². The number of hydrogen-bond acceptors (Lipinski definition) is 3. The Bertz CT molecular complexity index is 863. The third-order valence-electron chi connectivity index (χ3n) is 3.87. The number of anilines is 1. The summed E-state index contributed by atoms with van der Waals surface area (Å²) in [6, 6.07) is 9.17. The van der Waals surface area contributed by atoms with E-state index in [1.807, 2.05) is 24.3 Å². The minimum atomic E-state index is -1.64. The molecule has 0 bridgehead atoms. The fourth-order valence-corrected chi connectivity index (χ4v) is 2.44. The molecule has 0 aliphatic heterocycles. The minimum absolute atomic E-state index is 0. The van der Waals surface area contributed by atoms with Crippen LogP contribution >= 0.6 is 24.0 Å². The lowest BCUT2D eigenvalue weighted by Gasteiger charge is -2.22. The highest BCUT2D eigenvalue weighted by Crippen LogP contribution is 2.19. The largest absolute Gasteiger partial charge is 0.497 e. The van der Waals surface area contributed by atoms with E-state index >= 15 is 0 Å².